The quantitative estimate of drug-likeness (QED) is 0.318. The van der Waals surface area contributed by atoms with Gasteiger partial charge in [-0.05, 0) is 44.4 Å². The molecule has 0 aliphatic carbocycles. The van der Waals surface area contributed by atoms with E-state index < -0.39 is 0 Å². The summed E-state index contributed by atoms with van der Waals surface area (Å²) in [6.07, 6.45) is 16.9. The third kappa shape index (κ3) is 13.7. The highest BCUT2D eigenvalue weighted by molar-refractivity contribution is 4.70. The second-order valence-corrected chi connectivity index (χ2v) is 5.85. The molecular formula is C18H34O. The molecular weight excluding hydrogens is 232 g/mol. The van der Waals surface area contributed by atoms with Crippen LogP contribution in [-0.2, 0) is 0 Å². The van der Waals surface area contributed by atoms with Crippen LogP contribution in [0.25, 0.3) is 0 Å². The maximum absolute atomic E-state index is 9.95. The number of rotatable bonds is 14. The standard InChI is InChI=1S/C18H34O/c1-4-6-8-9-10-11-12-13-15-18(19)16-17(3)14-7-5-2/h4-5,17-19H,1-2,6-16H2,3H3/t17-,18?/m1/s1. The number of unbranched alkanes of at least 4 members (excludes halogenated alkanes) is 6. The Balaban J connectivity index is 3.30. The molecule has 0 aromatic heterocycles. The Hall–Kier alpha value is -0.560. The molecule has 0 aromatic rings. The fourth-order valence-electron chi connectivity index (χ4n) is 2.48. The summed E-state index contributed by atoms with van der Waals surface area (Å²) in [5.41, 5.74) is 0. The van der Waals surface area contributed by atoms with Crippen LogP contribution in [-0.4, -0.2) is 11.2 Å². The van der Waals surface area contributed by atoms with Crippen molar-refractivity contribution < 1.29 is 5.11 Å². The van der Waals surface area contributed by atoms with Gasteiger partial charge in [0, 0.05) is 0 Å². The Bertz CT molecular complexity index is 210. The molecule has 0 fully saturated rings. The molecule has 0 aromatic carbocycles. The molecule has 1 nitrogen and oxygen atoms in total. The molecule has 0 heterocycles. The van der Waals surface area contributed by atoms with Crippen molar-refractivity contribution >= 4 is 0 Å². The van der Waals surface area contributed by atoms with E-state index in [1.54, 1.807) is 0 Å². The first kappa shape index (κ1) is 18.4. The number of hydrogen-bond acceptors (Lipinski definition) is 1. The third-order valence-corrected chi connectivity index (χ3v) is 3.73. The summed E-state index contributed by atoms with van der Waals surface area (Å²) in [5, 5.41) is 9.95. The van der Waals surface area contributed by atoms with Crippen LogP contribution >= 0.6 is 0 Å². The highest BCUT2D eigenvalue weighted by Crippen LogP contribution is 2.17. The zero-order valence-electron chi connectivity index (χ0n) is 12.9. The van der Waals surface area contributed by atoms with Gasteiger partial charge in [0.1, 0.15) is 0 Å². The third-order valence-electron chi connectivity index (χ3n) is 3.73. The molecule has 0 aliphatic rings. The van der Waals surface area contributed by atoms with Crippen molar-refractivity contribution in [3.63, 3.8) is 0 Å². The van der Waals surface area contributed by atoms with E-state index in [0.29, 0.717) is 5.92 Å². The maximum atomic E-state index is 9.95. The predicted molar refractivity (Wildman–Crippen MR) is 86.4 cm³/mol. The Morgan fingerprint density at radius 2 is 1.42 bits per heavy atom. The summed E-state index contributed by atoms with van der Waals surface area (Å²) >= 11 is 0. The zero-order valence-corrected chi connectivity index (χ0v) is 12.9. The highest BCUT2D eigenvalue weighted by Gasteiger charge is 2.09. The summed E-state index contributed by atoms with van der Waals surface area (Å²) < 4.78 is 0. The van der Waals surface area contributed by atoms with Crippen LogP contribution < -0.4 is 0 Å². The fraction of sp³-hybridized carbons (Fsp3) is 0.778. The SMILES string of the molecule is C=CCCCCCCCCC(O)C[C@H](C)CCC=C. The van der Waals surface area contributed by atoms with E-state index in [0.717, 1.165) is 32.1 Å². The van der Waals surface area contributed by atoms with E-state index in [9.17, 15) is 5.11 Å². The summed E-state index contributed by atoms with van der Waals surface area (Å²) in [7, 11) is 0. The van der Waals surface area contributed by atoms with E-state index in [2.05, 4.69) is 20.1 Å². The topological polar surface area (TPSA) is 20.2 Å². The average Bonchev–Trinajstić information content (AvgIpc) is 2.39. The number of aliphatic hydroxyl groups is 1. The molecule has 112 valence electrons. The minimum absolute atomic E-state index is 0.0967. The van der Waals surface area contributed by atoms with Crippen molar-refractivity contribution in [2.75, 3.05) is 0 Å². The van der Waals surface area contributed by atoms with Crippen molar-refractivity contribution in [3.05, 3.63) is 25.3 Å². The molecule has 0 rings (SSSR count). The first-order chi connectivity index (χ1) is 9.20. The molecule has 0 saturated carbocycles. The Morgan fingerprint density at radius 1 is 0.842 bits per heavy atom. The second kappa shape index (κ2) is 13.9. The van der Waals surface area contributed by atoms with Crippen molar-refractivity contribution in [3.8, 4) is 0 Å². The molecule has 2 atom stereocenters. The van der Waals surface area contributed by atoms with Gasteiger partial charge in [0.15, 0.2) is 0 Å². The van der Waals surface area contributed by atoms with E-state index in [1.807, 2.05) is 12.2 Å². The van der Waals surface area contributed by atoms with Gasteiger partial charge in [0.05, 0.1) is 6.10 Å². The van der Waals surface area contributed by atoms with Gasteiger partial charge >= 0.3 is 0 Å². The van der Waals surface area contributed by atoms with Crippen LogP contribution in [0.2, 0.25) is 0 Å². The van der Waals surface area contributed by atoms with Crippen molar-refractivity contribution in [1.29, 1.82) is 0 Å². The number of hydrogen-bond donors (Lipinski definition) is 1. The summed E-state index contributed by atoms with van der Waals surface area (Å²) in [6, 6.07) is 0. The molecule has 19 heavy (non-hydrogen) atoms. The van der Waals surface area contributed by atoms with Crippen LogP contribution in [0.1, 0.15) is 77.6 Å². The summed E-state index contributed by atoms with van der Waals surface area (Å²) in [5.74, 6) is 0.618. The van der Waals surface area contributed by atoms with Crippen LogP contribution in [0.4, 0.5) is 0 Å². The zero-order chi connectivity index (χ0) is 14.3. The normalized spacial score (nSPS) is 14.0. The predicted octanol–water partition coefficient (Wildman–Crippen LogP) is 5.65. The van der Waals surface area contributed by atoms with E-state index in [1.165, 1.54) is 38.5 Å². The maximum Gasteiger partial charge on any atom is 0.0542 e. The molecule has 0 spiro atoms. The van der Waals surface area contributed by atoms with E-state index in [-0.39, 0.29) is 6.10 Å². The van der Waals surface area contributed by atoms with Crippen LogP contribution in [0.15, 0.2) is 25.3 Å². The Kier molecular flexibility index (Phi) is 13.5. The average molecular weight is 266 g/mol. The molecule has 1 unspecified atom stereocenters. The first-order valence-electron chi connectivity index (χ1n) is 8.10. The van der Waals surface area contributed by atoms with E-state index in [4.69, 9.17) is 0 Å². The van der Waals surface area contributed by atoms with Crippen LogP contribution in [0.5, 0.6) is 0 Å². The minimum atomic E-state index is -0.0967. The monoisotopic (exact) mass is 266 g/mol. The largest absolute Gasteiger partial charge is 0.393 e. The van der Waals surface area contributed by atoms with Gasteiger partial charge in [0.25, 0.3) is 0 Å². The van der Waals surface area contributed by atoms with Gasteiger partial charge in [-0.25, -0.2) is 0 Å². The molecule has 0 radical (unpaired) electrons. The summed E-state index contributed by atoms with van der Waals surface area (Å²) in [4.78, 5) is 0. The van der Waals surface area contributed by atoms with Crippen LogP contribution in [0.3, 0.4) is 0 Å². The van der Waals surface area contributed by atoms with Gasteiger partial charge in [-0.15, -0.1) is 13.2 Å². The fourth-order valence-corrected chi connectivity index (χ4v) is 2.48. The van der Waals surface area contributed by atoms with Gasteiger partial charge in [-0.2, -0.15) is 0 Å². The molecule has 1 N–H and O–H groups in total. The van der Waals surface area contributed by atoms with E-state index >= 15 is 0 Å². The lowest BCUT2D eigenvalue weighted by molar-refractivity contribution is 0.131. The Labute approximate surface area is 120 Å². The summed E-state index contributed by atoms with van der Waals surface area (Å²) in [6.45, 7) is 9.71. The van der Waals surface area contributed by atoms with Gasteiger partial charge in [0.2, 0.25) is 0 Å². The molecule has 0 amide bonds. The Morgan fingerprint density at radius 3 is 2.05 bits per heavy atom. The van der Waals surface area contributed by atoms with Gasteiger partial charge in [-0.1, -0.05) is 51.2 Å². The highest BCUT2D eigenvalue weighted by atomic mass is 16.3. The first-order valence-corrected chi connectivity index (χ1v) is 8.10. The lowest BCUT2D eigenvalue weighted by Gasteiger charge is -2.15. The van der Waals surface area contributed by atoms with Crippen molar-refractivity contribution in [2.24, 2.45) is 5.92 Å². The number of allylic oxidation sites excluding steroid dienone is 2. The lowest BCUT2D eigenvalue weighted by Crippen LogP contribution is -2.11. The molecule has 0 bridgehead atoms. The van der Waals surface area contributed by atoms with Crippen molar-refractivity contribution in [1.82, 2.24) is 0 Å². The van der Waals surface area contributed by atoms with Crippen molar-refractivity contribution in [2.45, 2.75) is 83.7 Å². The van der Waals surface area contributed by atoms with Gasteiger partial charge < -0.3 is 5.11 Å². The minimum Gasteiger partial charge on any atom is -0.393 e. The van der Waals surface area contributed by atoms with Crippen LogP contribution in [0, 0.1) is 5.92 Å². The molecule has 0 aliphatic heterocycles. The molecule has 0 saturated heterocycles. The second-order valence-electron chi connectivity index (χ2n) is 5.85. The van der Waals surface area contributed by atoms with Gasteiger partial charge in [-0.3, -0.25) is 0 Å². The lowest BCUT2D eigenvalue weighted by atomic mass is 9.95. The molecule has 1 heteroatoms. The smallest absolute Gasteiger partial charge is 0.0542 e. The number of aliphatic hydroxyl groups excluding tert-OH is 1.